The topological polar surface area (TPSA) is 93.7 Å². The fraction of sp³-hybridized carbons (Fsp3) is 0.667. The lowest BCUT2D eigenvalue weighted by Gasteiger charge is -2.19. The molecule has 0 aliphatic carbocycles. The molecule has 96 valence electrons. The first-order valence-electron chi connectivity index (χ1n) is 5.02. The molecule has 8 heteroatoms. The summed E-state index contributed by atoms with van der Waals surface area (Å²) in [6.45, 7) is 0.386. The lowest BCUT2D eigenvalue weighted by molar-refractivity contribution is -0.384. The number of aryl methyl sites for hydroxylation is 1. The predicted octanol–water partition coefficient (Wildman–Crippen LogP) is -0.228. The third-order valence-electron chi connectivity index (χ3n) is 2.19. The molecule has 0 fully saturated rings. The molecule has 0 saturated heterocycles. The van der Waals surface area contributed by atoms with E-state index in [9.17, 15) is 15.2 Å². The van der Waals surface area contributed by atoms with Crippen molar-refractivity contribution in [1.82, 2.24) is 9.78 Å². The zero-order valence-electron chi connectivity index (χ0n) is 10.0. The van der Waals surface area contributed by atoms with Crippen molar-refractivity contribution in [3.8, 4) is 0 Å². The Labute approximate surface area is 98.5 Å². The van der Waals surface area contributed by atoms with Crippen LogP contribution in [-0.2, 0) is 11.8 Å². The van der Waals surface area contributed by atoms with Gasteiger partial charge in [-0.05, 0) is 0 Å². The summed E-state index contributed by atoms with van der Waals surface area (Å²) in [5.41, 5.74) is -0.0837. The molecule has 0 radical (unpaired) electrons. The standard InChI is InChI=1S/C9H16N4O4/c1-11(4-7(14)6-17-3)9-8(13(15)16)5-12(2)10-9/h5,7,14H,4,6H2,1-3H3. The number of aromatic nitrogens is 2. The second-order valence-corrected chi connectivity index (χ2v) is 3.76. The van der Waals surface area contributed by atoms with Crippen molar-refractivity contribution in [3.05, 3.63) is 16.3 Å². The lowest BCUT2D eigenvalue weighted by atomic mass is 10.3. The molecular formula is C9H16N4O4. The number of nitrogens with zero attached hydrogens (tertiary/aromatic N) is 4. The number of nitro groups is 1. The molecule has 0 saturated carbocycles. The maximum atomic E-state index is 10.8. The number of aliphatic hydroxyl groups is 1. The smallest absolute Gasteiger partial charge is 0.330 e. The maximum absolute atomic E-state index is 10.8. The minimum atomic E-state index is -0.716. The Kier molecular flexibility index (Phi) is 4.41. The first kappa shape index (κ1) is 13.4. The van der Waals surface area contributed by atoms with E-state index < -0.39 is 11.0 Å². The average Bonchev–Trinajstić information content (AvgIpc) is 2.60. The van der Waals surface area contributed by atoms with Crippen LogP contribution in [0.15, 0.2) is 6.20 Å². The van der Waals surface area contributed by atoms with Gasteiger partial charge < -0.3 is 14.7 Å². The van der Waals surface area contributed by atoms with E-state index in [1.54, 1.807) is 14.1 Å². The van der Waals surface area contributed by atoms with Crippen LogP contribution < -0.4 is 4.90 Å². The monoisotopic (exact) mass is 244 g/mol. The van der Waals surface area contributed by atoms with Gasteiger partial charge in [0, 0.05) is 27.7 Å². The van der Waals surface area contributed by atoms with E-state index >= 15 is 0 Å². The summed E-state index contributed by atoms with van der Waals surface area (Å²) in [6.07, 6.45) is 0.612. The van der Waals surface area contributed by atoms with Gasteiger partial charge in [0.1, 0.15) is 6.20 Å². The highest BCUT2D eigenvalue weighted by atomic mass is 16.6. The Bertz CT molecular complexity index is 392. The van der Waals surface area contributed by atoms with Crippen molar-refractivity contribution in [2.24, 2.45) is 7.05 Å². The minimum Gasteiger partial charge on any atom is -0.389 e. The van der Waals surface area contributed by atoms with E-state index in [1.165, 1.54) is 22.9 Å². The molecule has 1 rings (SSSR count). The van der Waals surface area contributed by atoms with Crippen molar-refractivity contribution >= 4 is 11.5 Å². The summed E-state index contributed by atoms with van der Waals surface area (Å²) in [5.74, 6) is 0.229. The number of anilines is 1. The third kappa shape index (κ3) is 3.40. The molecule has 1 aromatic rings. The first-order valence-corrected chi connectivity index (χ1v) is 5.02. The zero-order chi connectivity index (χ0) is 13.0. The van der Waals surface area contributed by atoms with E-state index in [4.69, 9.17) is 4.74 Å². The number of ether oxygens (including phenoxy) is 1. The molecule has 1 heterocycles. The number of methoxy groups -OCH3 is 1. The Hall–Kier alpha value is -1.67. The van der Waals surface area contributed by atoms with Gasteiger partial charge in [-0.15, -0.1) is 5.10 Å². The number of rotatable bonds is 6. The van der Waals surface area contributed by atoms with E-state index in [0.717, 1.165) is 0 Å². The van der Waals surface area contributed by atoms with Crippen molar-refractivity contribution in [2.75, 3.05) is 32.2 Å². The Morgan fingerprint density at radius 1 is 1.76 bits per heavy atom. The number of likely N-dealkylation sites (N-methyl/N-ethyl adjacent to an activating group) is 1. The fourth-order valence-corrected chi connectivity index (χ4v) is 1.51. The van der Waals surface area contributed by atoms with Crippen LogP contribution in [0.25, 0.3) is 0 Å². The first-order chi connectivity index (χ1) is 7.95. The lowest BCUT2D eigenvalue weighted by Crippen LogP contribution is -2.32. The van der Waals surface area contributed by atoms with E-state index in [1.807, 2.05) is 0 Å². The van der Waals surface area contributed by atoms with E-state index in [2.05, 4.69) is 5.10 Å². The van der Waals surface area contributed by atoms with Gasteiger partial charge in [0.15, 0.2) is 0 Å². The molecular weight excluding hydrogens is 228 g/mol. The minimum absolute atomic E-state index is 0.0837. The van der Waals surface area contributed by atoms with Gasteiger partial charge in [-0.25, -0.2) is 0 Å². The zero-order valence-corrected chi connectivity index (χ0v) is 10.0. The molecule has 0 aliphatic heterocycles. The molecule has 1 aromatic heterocycles. The van der Waals surface area contributed by atoms with Crippen LogP contribution in [0.3, 0.4) is 0 Å². The SMILES string of the molecule is COCC(O)CN(C)c1nn(C)cc1[N+](=O)[O-]. The van der Waals surface area contributed by atoms with Gasteiger partial charge in [-0.3, -0.25) is 14.8 Å². The van der Waals surface area contributed by atoms with Gasteiger partial charge in [0.05, 0.1) is 17.6 Å². The summed E-state index contributed by atoms with van der Waals surface area (Å²) < 4.78 is 6.15. The molecule has 0 aliphatic rings. The molecule has 1 unspecified atom stereocenters. The van der Waals surface area contributed by atoms with Gasteiger partial charge in [0.25, 0.3) is 0 Å². The second kappa shape index (κ2) is 5.60. The van der Waals surface area contributed by atoms with Crippen LogP contribution in [0.4, 0.5) is 11.5 Å². The predicted molar refractivity (Wildman–Crippen MR) is 61.0 cm³/mol. The molecule has 0 bridgehead atoms. The largest absolute Gasteiger partial charge is 0.389 e. The summed E-state index contributed by atoms with van der Waals surface area (Å²) in [4.78, 5) is 11.8. The second-order valence-electron chi connectivity index (χ2n) is 3.76. The van der Waals surface area contributed by atoms with Gasteiger partial charge in [-0.2, -0.15) is 0 Å². The molecule has 17 heavy (non-hydrogen) atoms. The molecule has 1 N–H and O–H groups in total. The highest BCUT2D eigenvalue weighted by Crippen LogP contribution is 2.24. The molecule has 1 atom stereocenters. The summed E-state index contributed by atoms with van der Waals surface area (Å²) >= 11 is 0. The number of hydrogen-bond donors (Lipinski definition) is 1. The third-order valence-corrected chi connectivity index (χ3v) is 2.19. The van der Waals surface area contributed by atoms with E-state index in [0.29, 0.717) is 0 Å². The van der Waals surface area contributed by atoms with Crippen LogP contribution in [0.1, 0.15) is 0 Å². The Morgan fingerprint density at radius 3 is 2.94 bits per heavy atom. The fourth-order valence-electron chi connectivity index (χ4n) is 1.51. The van der Waals surface area contributed by atoms with Crippen molar-refractivity contribution in [1.29, 1.82) is 0 Å². The van der Waals surface area contributed by atoms with Gasteiger partial charge in [-0.1, -0.05) is 0 Å². The summed E-state index contributed by atoms with van der Waals surface area (Å²) in [5, 5.41) is 24.3. The Morgan fingerprint density at radius 2 is 2.41 bits per heavy atom. The van der Waals surface area contributed by atoms with Gasteiger partial charge in [0.2, 0.25) is 5.82 Å². The maximum Gasteiger partial charge on any atom is 0.330 e. The van der Waals surface area contributed by atoms with Crippen molar-refractivity contribution in [2.45, 2.75) is 6.10 Å². The highest BCUT2D eigenvalue weighted by molar-refractivity contribution is 5.56. The molecule has 0 aromatic carbocycles. The van der Waals surface area contributed by atoms with Crippen LogP contribution in [0, 0.1) is 10.1 Å². The average molecular weight is 244 g/mol. The van der Waals surface area contributed by atoms with Crippen LogP contribution >= 0.6 is 0 Å². The molecule has 0 spiro atoms. The normalized spacial score (nSPS) is 12.5. The van der Waals surface area contributed by atoms with Crippen LogP contribution in [0.5, 0.6) is 0 Å². The van der Waals surface area contributed by atoms with E-state index in [-0.39, 0.29) is 24.7 Å². The van der Waals surface area contributed by atoms with Crippen molar-refractivity contribution < 1.29 is 14.8 Å². The highest BCUT2D eigenvalue weighted by Gasteiger charge is 2.23. The quantitative estimate of drug-likeness (QED) is 0.549. The van der Waals surface area contributed by atoms with Crippen molar-refractivity contribution in [3.63, 3.8) is 0 Å². The van der Waals surface area contributed by atoms with Gasteiger partial charge >= 0.3 is 5.69 Å². The van der Waals surface area contributed by atoms with Crippen LogP contribution in [-0.4, -0.2) is 53.2 Å². The number of hydrogen-bond acceptors (Lipinski definition) is 6. The summed E-state index contributed by atoms with van der Waals surface area (Å²) in [7, 11) is 4.72. The molecule has 0 amide bonds. The molecule has 8 nitrogen and oxygen atoms in total. The van der Waals surface area contributed by atoms with Crippen LogP contribution in [0.2, 0.25) is 0 Å². The Balaban J connectivity index is 2.81. The number of aliphatic hydroxyl groups excluding tert-OH is 1. The summed E-state index contributed by atoms with van der Waals surface area (Å²) in [6, 6.07) is 0.